The number of ketones is 1. The van der Waals surface area contributed by atoms with Crippen LogP contribution in [0.3, 0.4) is 0 Å². The second-order valence-electron chi connectivity index (χ2n) is 8.38. The van der Waals surface area contributed by atoms with Gasteiger partial charge in [-0.15, -0.1) is 0 Å². The summed E-state index contributed by atoms with van der Waals surface area (Å²) in [5, 5.41) is 0. The first-order valence-electron chi connectivity index (χ1n) is 11.1. The van der Waals surface area contributed by atoms with Crippen LogP contribution in [0.15, 0.2) is 47.9 Å². The summed E-state index contributed by atoms with van der Waals surface area (Å²) in [7, 11) is 4.59. The number of methoxy groups -OCH3 is 3. The molecule has 8 nitrogen and oxygen atoms in total. The van der Waals surface area contributed by atoms with E-state index in [4.69, 9.17) is 18.9 Å². The van der Waals surface area contributed by atoms with Gasteiger partial charge in [-0.3, -0.25) is 14.5 Å². The van der Waals surface area contributed by atoms with Gasteiger partial charge in [-0.1, -0.05) is 12.5 Å². The first kappa shape index (κ1) is 21.3. The van der Waals surface area contributed by atoms with Crippen molar-refractivity contribution in [2.24, 2.45) is 5.92 Å². The van der Waals surface area contributed by atoms with Crippen molar-refractivity contribution in [1.29, 1.82) is 0 Å². The fourth-order valence-corrected chi connectivity index (χ4v) is 5.15. The number of nitrogens with zero attached hydrogens (tertiary/aromatic N) is 2. The fraction of sp³-hybridized carbons (Fsp3) is 0.400. The molecule has 0 spiro atoms. The maximum Gasteiger partial charge on any atom is 0.295 e. The Morgan fingerprint density at radius 1 is 1.00 bits per heavy atom. The van der Waals surface area contributed by atoms with Gasteiger partial charge in [0.15, 0.2) is 23.0 Å². The van der Waals surface area contributed by atoms with Gasteiger partial charge in [0.1, 0.15) is 11.9 Å². The van der Waals surface area contributed by atoms with Gasteiger partial charge in [-0.2, -0.15) is 0 Å². The van der Waals surface area contributed by atoms with E-state index < -0.39 is 6.04 Å². The Morgan fingerprint density at radius 2 is 1.73 bits per heavy atom. The molecule has 3 atom stereocenters. The molecular formula is C25H26N2O6. The van der Waals surface area contributed by atoms with Crippen LogP contribution in [0.4, 0.5) is 5.82 Å². The predicted octanol–water partition coefficient (Wildman–Crippen LogP) is 3.61. The number of carbonyl (C=O) groups excluding carboxylic acids is 2. The maximum atomic E-state index is 13.8. The molecule has 0 bridgehead atoms. The van der Waals surface area contributed by atoms with Gasteiger partial charge in [-0.05, 0) is 49.1 Å². The zero-order valence-corrected chi connectivity index (χ0v) is 18.9. The Labute approximate surface area is 192 Å². The van der Waals surface area contributed by atoms with Gasteiger partial charge in [0.05, 0.1) is 38.9 Å². The van der Waals surface area contributed by atoms with Crippen LogP contribution >= 0.6 is 0 Å². The van der Waals surface area contributed by atoms with Crippen molar-refractivity contribution < 1.29 is 28.5 Å². The molecule has 0 N–H and O–H groups in total. The summed E-state index contributed by atoms with van der Waals surface area (Å²) in [5.41, 5.74) is 1.03. The first-order valence-corrected chi connectivity index (χ1v) is 11.1. The zero-order chi connectivity index (χ0) is 23.1. The highest BCUT2D eigenvalue weighted by molar-refractivity contribution is 6.17. The molecule has 0 radical (unpaired) electrons. The van der Waals surface area contributed by atoms with E-state index in [-0.39, 0.29) is 29.5 Å². The van der Waals surface area contributed by atoms with Crippen molar-refractivity contribution in [2.75, 3.05) is 26.2 Å². The molecule has 1 aliphatic carbocycles. The van der Waals surface area contributed by atoms with E-state index in [1.54, 1.807) is 30.5 Å². The number of rotatable bonds is 5. The van der Waals surface area contributed by atoms with Crippen molar-refractivity contribution >= 4 is 17.5 Å². The largest absolute Gasteiger partial charge is 0.493 e. The first-order chi connectivity index (χ1) is 16.1. The minimum Gasteiger partial charge on any atom is -0.493 e. The molecule has 3 unspecified atom stereocenters. The summed E-state index contributed by atoms with van der Waals surface area (Å²) >= 11 is 0. The molecule has 3 heterocycles. The number of hydrogen-bond donors (Lipinski definition) is 0. The molecule has 1 fully saturated rings. The van der Waals surface area contributed by atoms with Crippen molar-refractivity contribution in [3.63, 3.8) is 0 Å². The normalized spacial score (nSPS) is 24.2. The summed E-state index contributed by atoms with van der Waals surface area (Å²) in [6.45, 7) is 0. The second kappa shape index (κ2) is 8.42. The van der Waals surface area contributed by atoms with Gasteiger partial charge < -0.3 is 18.9 Å². The summed E-state index contributed by atoms with van der Waals surface area (Å²) in [5.74, 6) is 1.26. The Morgan fingerprint density at radius 3 is 2.36 bits per heavy atom. The molecule has 1 amide bonds. The fourth-order valence-electron chi connectivity index (χ4n) is 5.15. The number of pyridine rings is 1. The zero-order valence-electron chi connectivity index (χ0n) is 18.9. The van der Waals surface area contributed by atoms with Crippen LogP contribution in [0.25, 0.3) is 0 Å². The average Bonchev–Trinajstić information content (AvgIpc) is 3.16. The monoisotopic (exact) mass is 450 g/mol. The SMILES string of the molecule is COc1cc(C2C3=C(OC4CCCCC4C3=O)C(=O)N2c2ccccn2)cc(OC)c1OC. The lowest BCUT2D eigenvalue weighted by atomic mass is 9.77. The van der Waals surface area contributed by atoms with Crippen LogP contribution in [0.5, 0.6) is 17.2 Å². The molecular weight excluding hydrogens is 424 g/mol. The standard InChI is InChI=1S/C25H26N2O6/c1-30-17-12-14(13-18(31-2)23(17)32-3)21-20-22(28)15-8-4-5-9-16(15)33-24(20)25(29)27(21)19-10-6-7-11-26-19/h6-7,10-13,15-16,21H,4-5,8-9H2,1-3H3. The summed E-state index contributed by atoms with van der Waals surface area (Å²) in [6.07, 6.45) is 4.88. The lowest BCUT2D eigenvalue weighted by Gasteiger charge is -2.35. The molecule has 172 valence electrons. The van der Waals surface area contributed by atoms with Gasteiger partial charge in [-0.25, -0.2) is 4.98 Å². The minimum atomic E-state index is -0.716. The topological polar surface area (TPSA) is 87.2 Å². The van der Waals surface area contributed by atoms with E-state index in [2.05, 4.69) is 4.98 Å². The van der Waals surface area contributed by atoms with Crippen LogP contribution in [0.1, 0.15) is 37.3 Å². The number of benzene rings is 1. The van der Waals surface area contributed by atoms with Crippen LogP contribution in [0, 0.1) is 5.92 Å². The Hall–Kier alpha value is -3.55. The quantitative estimate of drug-likeness (QED) is 0.688. The van der Waals surface area contributed by atoms with Crippen molar-refractivity contribution in [2.45, 2.75) is 37.8 Å². The van der Waals surface area contributed by atoms with E-state index in [1.807, 2.05) is 6.07 Å². The average molecular weight is 450 g/mol. The van der Waals surface area contributed by atoms with Gasteiger partial charge >= 0.3 is 0 Å². The van der Waals surface area contributed by atoms with E-state index in [9.17, 15) is 9.59 Å². The van der Waals surface area contributed by atoms with Crippen LogP contribution in [0.2, 0.25) is 0 Å². The Kier molecular flexibility index (Phi) is 5.44. The Balaban J connectivity index is 1.70. The van der Waals surface area contributed by atoms with Gasteiger partial charge in [0.25, 0.3) is 5.91 Å². The molecule has 2 aromatic rings. The molecule has 0 saturated heterocycles. The predicted molar refractivity (Wildman–Crippen MR) is 119 cm³/mol. The molecule has 1 aromatic heterocycles. The number of carbonyl (C=O) groups is 2. The number of aromatic nitrogens is 1. The molecule has 5 rings (SSSR count). The number of ether oxygens (including phenoxy) is 4. The summed E-state index contributed by atoms with van der Waals surface area (Å²) in [6, 6.07) is 8.16. The molecule has 1 aromatic carbocycles. The smallest absolute Gasteiger partial charge is 0.295 e. The third kappa shape index (κ3) is 3.32. The number of Topliss-reactive ketones (excluding diaryl/α,β-unsaturated/α-hetero) is 1. The molecule has 1 saturated carbocycles. The lowest BCUT2D eigenvalue weighted by molar-refractivity contribution is -0.131. The minimum absolute atomic E-state index is 0.0218. The number of fused-ring (bicyclic) bond motifs is 1. The maximum absolute atomic E-state index is 13.8. The third-order valence-electron chi connectivity index (χ3n) is 6.66. The van der Waals surface area contributed by atoms with E-state index in [0.717, 1.165) is 25.7 Å². The highest BCUT2D eigenvalue weighted by Crippen LogP contribution is 2.50. The molecule has 3 aliphatic rings. The van der Waals surface area contributed by atoms with E-state index in [0.29, 0.717) is 34.2 Å². The third-order valence-corrected chi connectivity index (χ3v) is 6.66. The van der Waals surface area contributed by atoms with Crippen LogP contribution < -0.4 is 19.1 Å². The summed E-state index contributed by atoms with van der Waals surface area (Å²) in [4.78, 5) is 33.3. The Bertz CT molecular complexity index is 1100. The highest BCUT2D eigenvalue weighted by atomic mass is 16.5. The number of anilines is 1. The highest BCUT2D eigenvalue weighted by Gasteiger charge is 2.53. The lowest BCUT2D eigenvalue weighted by Crippen LogP contribution is -2.39. The van der Waals surface area contributed by atoms with Crippen molar-refractivity contribution in [1.82, 2.24) is 4.98 Å². The van der Waals surface area contributed by atoms with Crippen molar-refractivity contribution in [3.05, 3.63) is 53.4 Å². The number of hydrogen-bond acceptors (Lipinski definition) is 7. The van der Waals surface area contributed by atoms with Crippen LogP contribution in [-0.2, 0) is 14.3 Å². The van der Waals surface area contributed by atoms with Crippen LogP contribution in [-0.4, -0.2) is 44.1 Å². The molecule has 2 aliphatic heterocycles. The van der Waals surface area contributed by atoms with E-state index in [1.165, 1.54) is 26.2 Å². The summed E-state index contributed by atoms with van der Waals surface area (Å²) < 4.78 is 22.7. The molecule has 33 heavy (non-hydrogen) atoms. The van der Waals surface area contributed by atoms with E-state index >= 15 is 0 Å². The van der Waals surface area contributed by atoms with Gasteiger partial charge in [0, 0.05) is 6.20 Å². The van der Waals surface area contributed by atoms with Crippen molar-refractivity contribution in [3.8, 4) is 17.2 Å². The number of amides is 1. The molecule has 8 heteroatoms. The second-order valence-corrected chi connectivity index (χ2v) is 8.38. The van der Waals surface area contributed by atoms with Gasteiger partial charge in [0.2, 0.25) is 5.75 Å².